The zero-order chi connectivity index (χ0) is 17.8. The number of likely N-dealkylation sites (N-methyl/N-ethyl adjacent to an activating group) is 1. The minimum absolute atomic E-state index is 0.163. The molecule has 2 aromatic rings. The molecule has 0 atom stereocenters. The summed E-state index contributed by atoms with van der Waals surface area (Å²) in [5, 5.41) is 4.68. The van der Waals surface area contributed by atoms with Crippen molar-refractivity contribution >= 4 is 5.91 Å². The molecule has 1 aromatic heterocycles. The maximum absolute atomic E-state index is 12.4. The highest BCUT2D eigenvalue weighted by molar-refractivity contribution is 5.78. The third-order valence-electron chi connectivity index (χ3n) is 4.64. The third-order valence-corrected chi connectivity index (χ3v) is 4.64. The van der Waals surface area contributed by atoms with Crippen LogP contribution in [-0.4, -0.2) is 65.4 Å². The number of rotatable bonds is 5. The van der Waals surface area contributed by atoms with Crippen molar-refractivity contribution in [3.05, 3.63) is 47.3 Å². The van der Waals surface area contributed by atoms with Gasteiger partial charge < -0.3 is 9.64 Å². The van der Waals surface area contributed by atoms with E-state index in [1.165, 1.54) is 5.56 Å². The van der Waals surface area contributed by atoms with Gasteiger partial charge in [-0.25, -0.2) is 4.68 Å². The summed E-state index contributed by atoms with van der Waals surface area (Å²) >= 11 is 0. The number of aryl methyl sites for hydroxylation is 1. The molecule has 25 heavy (non-hydrogen) atoms. The predicted molar refractivity (Wildman–Crippen MR) is 96.8 cm³/mol. The first-order valence-electron chi connectivity index (χ1n) is 8.71. The van der Waals surface area contributed by atoms with Crippen LogP contribution in [0, 0.1) is 13.8 Å². The normalized spacial score (nSPS) is 15.0. The molecule has 2 heterocycles. The Bertz CT molecular complexity index is 721. The molecule has 1 amide bonds. The lowest BCUT2D eigenvalue weighted by atomic mass is 10.2. The molecule has 0 bridgehead atoms. The Morgan fingerprint density at radius 2 is 1.88 bits per heavy atom. The zero-order valence-electron chi connectivity index (χ0n) is 15.2. The molecule has 1 aliphatic rings. The third kappa shape index (κ3) is 4.08. The standard InChI is InChI=1S/C19H26N4O2/c1-15-18(16(2)23(20-15)17-7-5-4-6-8-17)13-21(3)14-19(24)22-9-11-25-12-10-22/h4-8H,9-14H2,1-3H3. The number of amides is 1. The minimum Gasteiger partial charge on any atom is -0.378 e. The fourth-order valence-corrected chi connectivity index (χ4v) is 3.19. The summed E-state index contributed by atoms with van der Waals surface area (Å²) in [6, 6.07) is 10.1. The van der Waals surface area contributed by atoms with Crippen LogP contribution in [0.15, 0.2) is 30.3 Å². The number of aromatic nitrogens is 2. The number of carbonyl (C=O) groups excluding carboxylic acids is 1. The van der Waals surface area contributed by atoms with Crippen molar-refractivity contribution in [2.75, 3.05) is 39.9 Å². The molecule has 0 spiro atoms. The molecule has 3 rings (SSSR count). The van der Waals surface area contributed by atoms with Crippen LogP contribution in [0.5, 0.6) is 0 Å². The number of para-hydroxylation sites is 1. The van der Waals surface area contributed by atoms with E-state index in [-0.39, 0.29) is 5.91 Å². The molecule has 0 N–H and O–H groups in total. The summed E-state index contributed by atoms with van der Waals surface area (Å²) in [6.45, 7) is 7.89. The molecule has 134 valence electrons. The maximum Gasteiger partial charge on any atom is 0.236 e. The van der Waals surface area contributed by atoms with E-state index in [0.29, 0.717) is 39.4 Å². The van der Waals surface area contributed by atoms with Gasteiger partial charge in [-0.1, -0.05) is 18.2 Å². The van der Waals surface area contributed by atoms with Crippen LogP contribution in [0.1, 0.15) is 17.0 Å². The van der Waals surface area contributed by atoms with Gasteiger partial charge in [0.15, 0.2) is 0 Å². The van der Waals surface area contributed by atoms with Crippen LogP contribution in [-0.2, 0) is 16.1 Å². The van der Waals surface area contributed by atoms with E-state index in [4.69, 9.17) is 4.74 Å². The Morgan fingerprint density at radius 3 is 2.56 bits per heavy atom. The molecule has 0 aliphatic carbocycles. The lowest BCUT2D eigenvalue weighted by Gasteiger charge is -2.28. The van der Waals surface area contributed by atoms with E-state index in [1.54, 1.807) is 0 Å². The van der Waals surface area contributed by atoms with Crippen molar-refractivity contribution in [1.82, 2.24) is 19.6 Å². The summed E-state index contributed by atoms with van der Waals surface area (Å²) in [6.07, 6.45) is 0. The van der Waals surface area contributed by atoms with Crippen molar-refractivity contribution < 1.29 is 9.53 Å². The van der Waals surface area contributed by atoms with Crippen LogP contribution in [0.25, 0.3) is 5.69 Å². The molecule has 6 nitrogen and oxygen atoms in total. The number of hydrogen-bond acceptors (Lipinski definition) is 4. The van der Waals surface area contributed by atoms with E-state index in [0.717, 1.165) is 17.1 Å². The molecule has 6 heteroatoms. The van der Waals surface area contributed by atoms with Crippen molar-refractivity contribution in [1.29, 1.82) is 0 Å². The monoisotopic (exact) mass is 342 g/mol. The molecule has 0 unspecified atom stereocenters. The van der Waals surface area contributed by atoms with Crippen LogP contribution in [0.3, 0.4) is 0 Å². The second kappa shape index (κ2) is 7.80. The highest BCUT2D eigenvalue weighted by Crippen LogP contribution is 2.19. The Balaban J connectivity index is 1.68. The fourth-order valence-electron chi connectivity index (χ4n) is 3.19. The molecule has 0 radical (unpaired) electrons. The molecule has 1 aromatic carbocycles. The average molecular weight is 342 g/mol. The Morgan fingerprint density at radius 1 is 1.20 bits per heavy atom. The lowest BCUT2D eigenvalue weighted by Crippen LogP contribution is -2.44. The minimum atomic E-state index is 0.163. The topological polar surface area (TPSA) is 50.6 Å². The van der Waals surface area contributed by atoms with Gasteiger partial charge in [0.2, 0.25) is 5.91 Å². The zero-order valence-corrected chi connectivity index (χ0v) is 15.2. The van der Waals surface area contributed by atoms with Crippen molar-refractivity contribution in [2.45, 2.75) is 20.4 Å². The molecular weight excluding hydrogens is 316 g/mol. The maximum atomic E-state index is 12.4. The van der Waals surface area contributed by atoms with Gasteiger partial charge in [-0.05, 0) is 33.0 Å². The number of hydrogen-bond donors (Lipinski definition) is 0. The smallest absolute Gasteiger partial charge is 0.236 e. The summed E-state index contributed by atoms with van der Waals surface area (Å²) in [5.74, 6) is 0.163. The number of benzene rings is 1. The van der Waals surface area contributed by atoms with Crippen LogP contribution < -0.4 is 0 Å². The van der Waals surface area contributed by atoms with Crippen LogP contribution in [0.2, 0.25) is 0 Å². The molecular formula is C19H26N4O2. The second-order valence-corrected chi connectivity index (χ2v) is 6.56. The summed E-state index contributed by atoms with van der Waals surface area (Å²) in [4.78, 5) is 16.3. The van der Waals surface area contributed by atoms with Gasteiger partial charge in [-0.2, -0.15) is 5.10 Å². The lowest BCUT2D eigenvalue weighted by molar-refractivity contribution is -0.136. The van der Waals surface area contributed by atoms with E-state index < -0.39 is 0 Å². The largest absolute Gasteiger partial charge is 0.378 e. The summed E-state index contributed by atoms with van der Waals surface area (Å²) < 4.78 is 7.28. The number of carbonyl (C=O) groups is 1. The van der Waals surface area contributed by atoms with Gasteiger partial charge in [-0.3, -0.25) is 9.69 Å². The first-order valence-corrected chi connectivity index (χ1v) is 8.71. The highest BCUT2D eigenvalue weighted by Gasteiger charge is 2.20. The van der Waals surface area contributed by atoms with Gasteiger partial charge in [0, 0.05) is 30.9 Å². The molecule has 1 aliphatic heterocycles. The fraction of sp³-hybridized carbons (Fsp3) is 0.474. The molecule has 1 fully saturated rings. The van der Waals surface area contributed by atoms with Gasteiger partial charge in [0.1, 0.15) is 0 Å². The SMILES string of the molecule is Cc1nn(-c2ccccc2)c(C)c1CN(C)CC(=O)N1CCOCC1. The van der Waals surface area contributed by atoms with E-state index in [2.05, 4.69) is 29.1 Å². The van der Waals surface area contributed by atoms with Gasteiger partial charge in [0.05, 0.1) is 31.1 Å². The Kier molecular flexibility index (Phi) is 5.50. The van der Waals surface area contributed by atoms with Crippen LogP contribution in [0.4, 0.5) is 0 Å². The quantitative estimate of drug-likeness (QED) is 0.831. The highest BCUT2D eigenvalue weighted by atomic mass is 16.5. The first kappa shape index (κ1) is 17.6. The van der Waals surface area contributed by atoms with Crippen molar-refractivity contribution in [3.63, 3.8) is 0 Å². The number of nitrogens with zero attached hydrogens (tertiary/aromatic N) is 4. The second-order valence-electron chi connectivity index (χ2n) is 6.56. The summed E-state index contributed by atoms with van der Waals surface area (Å²) in [7, 11) is 1.98. The van der Waals surface area contributed by atoms with Crippen molar-refractivity contribution in [3.8, 4) is 5.69 Å². The van der Waals surface area contributed by atoms with Crippen molar-refractivity contribution in [2.24, 2.45) is 0 Å². The van der Waals surface area contributed by atoms with E-state index >= 15 is 0 Å². The van der Waals surface area contributed by atoms with Gasteiger partial charge in [0.25, 0.3) is 0 Å². The van der Waals surface area contributed by atoms with Crippen LogP contribution >= 0.6 is 0 Å². The number of morpholine rings is 1. The Hall–Kier alpha value is -2.18. The summed E-state index contributed by atoms with van der Waals surface area (Å²) in [5.41, 5.74) is 4.36. The first-order chi connectivity index (χ1) is 12.1. The molecule has 0 saturated carbocycles. The predicted octanol–water partition coefficient (Wildman–Crippen LogP) is 1.78. The average Bonchev–Trinajstić information content (AvgIpc) is 2.91. The van der Waals surface area contributed by atoms with E-state index in [1.807, 2.05) is 41.8 Å². The number of ether oxygens (including phenoxy) is 1. The van der Waals surface area contributed by atoms with Gasteiger partial charge in [-0.15, -0.1) is 0 Å². The molecule has 1 saturated heterocycles. The Labute approximate surface area is 149 Å². The van der Waals surface area contributed by atoms with E-state index in [9.17, 15) is 4.79 Å². The van der Waals surface area contributed by atoms with Gasteiger partial charge >= 0.3 is 0 Å².